The minimum Gasteiger partial charge on any atom is -0.493 e. The van der Waals surface area contributed by atoms with Gasteiger partial charge in [0, 0.05) is 6.54 Å². The Kier molecular flexibility index (Phi) is 8.16. The fourth-order valence-electron chi connectivity index (χ4n) is 2.67. The summed E-state index contributed by atoms with van der Waals surface area (Å²) in [6.45, 7) is 5.33. The molecule has 28 heavy (non-hydrogen) atoms. The molecule has 2 aromatic rings. The maximum atomic E-state index is 11.4. The van der Waals surface area contributed by atoms with Crippen molar-refractivity contribution in [2.75, 3.05) is 20.3 Å². The van der Waals surface area contributed by atoms with Gasteiger partial charge in [0.1, 0.15) is 25.4 Å². The van der Waals surface area contributed by atoms with Gasteiger partial charge < -0.3 is 19.5 Å². The van der Waals surface area contributed by atoms with Crippen molar-refractivity contribution in [2.45, 2.75) is 32.7 Å². The van der Waals surface area contributed by atoms with Crippen molar-refractivity contribution in [3.63, 3.8) is 0 Å². The van der Waals surface area contributed by atoms with Gasteiger partial charge in [0.15, 0.2) is 11.5 Å². The second kappa shape index (κ2) is 10.8. The lowest BCUT2D eigenvalue weighted by molar-refractivity contribution is -0.120. The van der Waals surface area contributed by atoms with Crippen molar-refractivity contribution in [3.8, 4) is 23.3 Å². The third-order valence-corrected chi connectivity index (χ3v) is 4.10. The van der Waals surface area contributed by atoms with Crippen LogP contribution in [0.5, 0.6) is 17.2 Å². The topological polar surface area (TPSA) is 80.6 Å². The van der Waals surface area contributed by atoms with Gasteiger partial charge in [-0.05, 0) is 35.2 Å². The van der Waals surface area contributed by atoms with E-state index < -0.39 is 0 Å². The average molecular weight is 382 g/mol. The van der Waals surface area contributed by atoms with Crippen molar-refractivity contribution in [1.82, 2.24) is 5.32 Å². The Labute approximate surface area is 166 Å². The second-order valence-electron chi connectivity index (χ2n) is 6.49. The third-order valence-electron chi connectivity index (χ3n) is 4.10. The number of hydrogen-bond acceptors (Lipinski definition) is 5. The summed E-state index contributed by atoms with van der Waals surface area (Å²) in [6, 6.07) is 15.2. The molecule has 0 aliphatic rings. The fraction of sp³-hybridized carbons (Fsp3) is 0.364. The zero-order valence-corrected chi connectivity index (χ0v) is 16.5. The van der Waals surface area contributed by atoms with E-state index >= 15 is 0 Å². The van der Waals surface area contributed by atoms with Crippen LogP contribution in [0, 0.1) is 11.3 Å². The summed E-state index contributed by atoms with van der Waals surface area (Å²) in [5.41, 5.74) is 2.02. The molecule has 0 spiro atoms. The summed E-state index contributed by atoms with van der Waals surface area (Å²) in [4.78, 5) is 11.4. The standard InChI is InChI=1S/C22H26N2O4/c1-16(2)18-6-4-5-7-19(18)27-12-13-28-21-14-17(8-9-20(21)26-3)15-24-22(25)10-11-23/h4-9,14,16H,10,12-13,15H2,1-3H3,(H,24,25). The van der Waals surface area contributed by atoms with Gasteiger partial charge in [-0.1, -0.05) is 38.1 Å². The number of amides is 1. The molecule has 0 atom stereocenters. The molecule has 0 aliphatic carbocycles. The monoisotopic (exact) mass is 382 g/mol. The van der Waals surface area contributed by atoms with E-state index in [1.165, 1.54) is 0 Å². The highest BCUT2D eigenvalue weighted by Gasteiger charge is 2.09. The lowest BCUT2D eigenvalue weighted by atomic mass is 10.0. The molecular weight excluding hydrogens is 356 g/mol. The number of nitriles is 1. The molecular formula is C22H26N2O4. The van der Waals surface area contributed by atoms with E-state index in [0.717, 1.165) is 16.9 Å². The number of para-hydroxylation sites is 1. The number of rotatable bonds is 10. The van der Waals surface area contributed by atoms with Gasteiger partial charge in [0.2, 0.25) is 5.91 Å². The van der Waals surface area contributed by atoms with E-state index in [4.69, 9.17) is 19.5 Å². The van der Waals surface area contributed by atoms with Crippen LogP contribution < -0.4 is 19.5 Å². The molecule has 1 N–H and O–H groups in total. The molecule has 0 fully saturated rings. The predicted octanol–water partition coefficient (Wildman–Crippen LogP) is 3.81. The van der Waals surface area contributed by atoms with Crippen LogP contribution in [0.2, 0.25) is 0 Å². The highest BCUT2D eigenvalue weighted by Crippen LogP contribution is 2.29. The molecule has 0 saturated carbocycles. The fourth-order valence-corrected chi connectivity index (χ4v) is 2.67. The van der Waals surface area contributed by atoms with Gasteiger partial charge >= 0.3 is 0 Å². The third kappa shape index (κ3) is 6.20. The molecule has 0 radical (unpaired) electrons. The van der Waals surface area contributed by atoms with E-state index in [1.807, 2.05) is 36.4 Å². The first-order chi connectivity index (χ1) is 13.5. The van der Waals surface area contributed by atoms with E-state index in [-0.39, 0.29) is 12.3 Å². The molecule has 0 unspecified atom stereocenters. The highest BCUT2D eigenvalue weighted by atomic mass is 16.5. The Hall–Kier alpha value is -3.20. The van der Waals surface area contributed by atoms with Crippen molar-refractivity contribution in [1.29, 1.82) is 5.26 Å². The van der Waals surface area contributed by atoms with Crippen LogP contribution in [0.1, 0.15) is 37.3 Å². The number of carbonyl (C=O) groups is 1. The SMILES string of the molecule is COc1ccc(CNC(=O)CC#N)cc1OCCOc1ccccc1C(C)C. The minimum absolute atomic E-state index is 0.158. The maximum Gasteiger partial charge on any atom is 0.234 e. The summed E-state index contributed by atoms with van der Waals surface area (Å²) < 4.78 is 17.0. The Balaban J connectivity index is 1.93. The second-order valence-corrected chi connectivity index (χ2v) is 6.49. The molecule has 0 aromatic heterocycles. The number of ether oxygens (including phenoxy) is 3. The smallest absolute Gasteiger partial charge is 0.234 e. The molecule has 0 aliphatic heterocycles. The van der Waals surface area contributed by atoms with Crippen LogP contribution in [0.15, 0.2) is 42.5 Å². The molecule has 1 amide bonds. The number of carbonyl (C=O) groups excluding carboxylic acids is 1. The van der Waals surface area contributed by atoms with Crippen LogP contribution in [0.4, 0.5) is 0 Å². The van der Waals surface area contributed by atoms with Gasteiger partial charge in [-0.15, -0.1) is 0 Å². The maximum absolute atomic E-state index is 11.4. The van der Waals surface area contributed by atoms with E-state index in [2.05, 4.69) is 25.2 Å². The summed E-state index contributed by atoms with van der Waals surface area (Å²) in [7, 11) is 1.58. The molecule has 2 aromatic carbocycles. The molecule has 6 nitrogen and oxygen atoms in total. The number of nitrogens with one attached hydrogen (secondary N) is 1. The molecule has 0 saturated heterocycles. The minimum atomic E-state index is -0.307. The van der Waals surface area contributed by atoms with E-state index in [1.54, 1.807) is 13.2 Å². The Morgan fingerprint density at radius 3 is 2.46 bits per heavy atom. The number of methoxy groups -OCH3 is 1. The van der Waals surface area contributed by atoms with Crippen LogP contribution in [-0.4, -0.2) is 26.2 Å². The van der Waals surface area contributed by atoms with Gasteiger partial charge in [0.05, 0.1) is 13.2 Å². The lowest BCUT2D eigenvalue weighted by Gasteiger charge is -2.15. The molecule has 148 valence electrons. The quantitative estimate of drug-likeness (QED) is 0.632. The number of nitrogens with zero attached hydrogens (tertiary/aromatic N) is 1. The van der Waals surface area contributed by atoms with Gasteiger partial charge in [-0.2, -0.15) is 5.26 Å². The Morgan fingerprint density at radius 1 is 1.07 bits per heavy atom. The summed E-state index contributed by atoms with van der Waals surface area (Å²) in [5, 5.41) is 11.2. The van der Waals surface area contributed by atoms with E-state index in [9.17, 15) is 4.79 Å². The lowest BCUT2D eigenvalue weighted by Crippen LogP contribution is -2.21. The molecule has 0 heterocycles. The first-order valence-electron chi connectivity index (χ1n) is 9.20. The predicted molar refractivity (Wildman–Crippen MR) is 107 cm³/mol. The van der Waals surface area contributed by atoms with Gasteiger partial charge in [-0.25, -0.2) is 0 Å². The van der Waals surface area contributed by atoms with Crippen LogP contribution in [-0.2, 0) is 11.3 Å². The Morgan fingerprint density at radius 2 is 1.79 bits per heavy atom. The number of hydrogen-bond donors (Lipinski definition) is 1. The zero-order chi connectivity index (χ0) is 20.4. The highest BCUT2D eigenvalue weighted by molar-refractivity contribution is 5.77. The van der Waals surface area contributed by atoms with Crippen LogP contribution in [0.25, 0.3) is 0 Å². The van der Waals surface area contributed by atoms with Crippen LogP contribution >= 0.6 is 0 Å². The van der Waals surface area contributed by atoms with Crippen molar-refractivity contribution in [2.24, 2.45) is 0 Å². The van der Waals surface area contributed by atoms with Crippen molar-refractivity contribution in [3.05, 3.63) is 53.6 Å². The molecule has 6 heteroatoms. The first-order valence-corrected chi connectivity index (χ1v) is 9.20. The zero-order valence-electron chi connectivity index (χ0n) is 16.5. The van der Waals surface area contributed by atoms with Crippen molar-refractivity contribution >= 4 is 5.91 Å². The van der Waals surface area contributed by atoms with Gasteiger partial charge in [0.25, 0.3) is 0 Å². The first kappa shape index (κ1) is 21.1. The van der Waals surface area contributed by atoms with Crippen molar-refractivity contribution < 1.29 is 19.0 Å². The number of benzene rings is 2. The molecule has 0 bridgehead atoms. The molecule has 2 rings (SSSR count). The van der Waals surface area contributed by atoms with Crippen LogP contribution in [0.3, 0.4) is 0 Å². The summed E-state index contributed by atoms with van der Waals surface area (Å²) >= 11 is 0. The summed E-state index contributed by atoms with van der Waals surface area (Å²) in [5.74, 6) is 2.12. The van der Waals surface area contributed by atoms with E-state index in [0.29, 0.717) is 37.2 Å². The largest absolute Gasteiger partial charge is 0.493 e. The summed E-state index contributed by atoms with van der Waals surface area (Å²) in [6.07, 6.45) is -0.158. The Bertz CT molecular complexity index is 828. The van der Waals surface area contributed by atoms with Gasteiger partial charge in [-0.3, -0.25) is 4.79 Å². The normalized spacial score (nSPS) is 10.2. The average Bonchev–Trinajstić information content (AvgIpc) is 2.70.